The maximum Gasteiger partial charge on any atom is 0.238 e. The van der Waals surface area contributed by atoms with E-state index < -0.39 is 10.0 Å². The molecule has 108 valence electrons. The van der Waals surface area contributed by atoms with Gasteiger partial charge in [0, 0.05) is 12.6 Å². The third kappa shape index (κ3) is 3.66. The first-order chi connectivity index (χ1) is 9.36. The van der Waals surface area contributed by atoms with E-state index >= 15 is 0 Å². The van der Waals surface area contributed by atoms with E-state index in [1.807, 2.05) is 6.08 Å². The number of carbonyl (C=O) groups is 1. The Morgan fingerprint density at radius 1 is 1.35 bits per heavy atom. The summed E-state index contributed by atoms with van der Waals surface area (Å²) in [7, 11) is -3.73. The first kappa shape index (κ1) is 14.7. The van der Waals surface area contributed by atoms with Gasteiger partial charge in [-0.05, 0) is 24.1 Å². The summed E-state index contributed by atoms with van der Waals surface area (Å²) in [5.41, 5.74) is 6.37. The van der Waals surface area contributed by atoms with Crippen LogP contribution in [0.4, 0.5) is 0 Å². The molecule has 1 aliphatic rings. The second-order valence-electron chi connectivity index (χ2n) is 4.80. The number of hydrogen-bond acceptors (Lipinski definition) is 4. The molecule has 0 aromatic heterocycles. The van der Waals surface area contributed by atoms with Crippen molar-refractivity contribution in [3.63, 3.8) is 0 Å². The minimum absolute atomic E-state index is 0.0343. The van der Waals surface area contributed by atoms with Gasteiger partial charge >= 0.3 is 0 Å². The maximum absolute atomic E-state index is 11.9. The quantitative estimate of drug-likeness (QED) is 0.670. The number of nitrogens with two attached hydrogens (primary N) is 2. The van der Waals surface area contributed by atoms with Crippen LogP contribution in [0.5, 0.6) is 0 Å². The lowest BCUT2D eigenvalue weighted by Gasteiger charge is -2.11. The number of carbonyl (C=O) groups excluding carboxylic acids is 1. The highest BCUT2D eigenvalue weighted by Crippen LogP contribution is 2.16. The van der Waals surface area contributed by atoms with Crippen LogP contribution < -0.4 is 16.2 Å². The van der Waals surface area contributed by atoms with Crippen molar-refractivity contribution in [3.05, 3.63) is 42.0 Å². The standard InChI is InChI=1S/C13H17N3O3S/c14-11-5-4-10(7-11)13(17)16-8-9-2-1-3-12(6-9)20(15,18)19/h1-6,10-11H,7-8,14H2,(H,16,17)(H2,15,18,19). The molecule has 6 nitrogen and oxygen atoms in total. The molecule has 0 bridgehead atoms. The lowest BCUT2D eigenvalue weighted by atomic mass is 10.1. The molecular formula is C13H17N3O3S. The van der Waals surface area contributed by atoms with Crippen molar-refractivity contribution in [2.75, 3.05) is 0 Å². The molecule has 2 unspecified atom stereocenters. The average Bonchev–Trinajstić information content (AvgIpc) is 2.82. The fourth-order valence-electron chi connectivity index (χ4n) is 2.07. The molecule has 1 amide bonds. The number of amides is 1. The van der Waals surface area contributed by atoms with Crippen molar-refractivity contribution >= 4 is 15.9 Å². The summed E-state index contributed by atoms with van der Waals surface area (Å²) in [4.78, 5) is 11.9. The minimum atomic E-state index is -3.73. The van der Waals surface area contributed by atoms with Crippen LogP contribution in [0.2, 0.25) is 0 Å². The van der Waals surface area contributed by atoms with Gasteiger partial charge in [-0.25, -0.2) is 13.6 Å². The highest BCUT2D eigenvalue weighted by Gasteiger charge is 2.22. The molecule has 0 spiro atoms. The topological polar surface area (TPSA) is 115 Å². The number of rotatable bonds is 4. The Bertz CT molecular complexity index is 640. The minimum Gasteiger partial charge on any atom is -0.352 e. The molecule has 1 aromatic rings. The normalized spacial score (nSPS) is 21.9. The van der Waals surface area contributed by atoms with Crippen LogP contribution in [0.3, 0.4) is 0 Å². The molecule has 1 aliphatic carbocycles. The van der Waals surface area contributed by atoms with Gasteiger partial charge in [0.15, 0.2) is 0 Å². The van der Waals surface area contributed by atoms with Crippen molar-refractivity contribution in [1.29, 1.82) is 0 Å². The summed E-state index contributed by atoms with van der Waals surface area (Å²) in [5, 5.41) is 7.82. The highest BCUT2D eigenvalue weighted by atomic mass is 32.2. The summed E-state index contributed by atoms with van der Waals surface area (Å²) < 4.78 is 22.5. The van der Waals surface area contributed by atoms with Crippen LogP contribution in [0, 0.1) is 5.92 Å². The molecule has 0 fully saturated rings. The Kier molecular flexibility index (Phi) is 4.22. The largest absolute Gasteiger partial charge is 0.352 e. The van der Waals surface area contributed by atoms with E-state index in [4.69, 9.17) is 10.9 Å². The Balaban J connectivity index is 1.98. The number of sulfonamides is 1. The summed E-state index contributed by atoms with van der Waals surface area (Å²) in [6.07, 6.45) is 4.20. The summed E-state index contributed by atoms with van der Waals surface area (Å²) in [6, 6.07) is 6.11. The van der Waals surface area contributed by atoms with E-state index in [-0.39, 0.29) is 29.3 Å². The third-order valence-electron chi connectivity index (χ3n) is 3.15. The molecule has 0 saturated carbocycles. The Hall–Kier alpha value is -1.70. The molecule has 5 N–H and O–H groups in total. The number of nitrogens with one attached hydrogen (secondary N) is 1. The molecule has 0 saturated heterocycles. The van der Waals surface area contributed by atoms with Gasteiger partial charge in [-0.15, -0.1) is 0 Å². The molecule has 0 radical (unpaired) electrons. The monoisotopic (exact) mass is 295 g/mol. The van der Waals surface area contributed by atoms with Crippen molar-refractivity contribution in [2.24, 2.45) is 16.8 Å². The van der Waals surface area contributed by atoms with Crippen molar-refractivity contribution in [1.82, 2.24) is 5.32 Å². The second-order valence-corrected chi connectivity index (χ2v) is 6.36. The van der Waals surface area contributed by atoms with Gasteiger partial charge in [-0.3, -0.25) is 4.79 Å². The van der Waals surface area contributed by atoms with Crippen LogP contribution in [-0.2, 0) is 21.4 Å². The zero-order valence-corrected chi connectivity index (χ0v) is 11.6. The second kappa shape index (κ2) is 5.74. The average molecular weight is 295 g/mol. The van der Waals surface area contributed by atoms with E-state index in [0.717, 1.165) is 0 Å². The molecule has 2 rings (SSSR count). The Labute approximate surface area is 117 Å². The Morgan fingerprint density at radius 3 is 2.70 bits per heavy atom. The predicted octanol–water partition coefficient (Wildman–Crippen LogP) is -0.146. The maximum atomic E-state index is 11.9. The third-order valence-corrected chi connectivity index (χ3v) is 4.06. The Morgan fingerprint density at radius 2 is 2.10 bits per heavy atom. The molecule has 0 aliphatic heterocycles. The van der Waals surface area contributed by atoms with Gasteiger partial charge in [0.1, 0.15) is 0 Å². The number of primary sulfonamides is 1. The molecule has 2 atom stereocenters. The van der Waals surface area contributed by atoms with Crippen LogP contribution in [0.15, 0.2) is 41.3 Å². The smallest absolute Gasteiger partial charge is 0.238 e. The molecule has 7 heteroatoms. The molecular weight excluding hydrogens is 278 g/mol. The van der Waals surface area contributed by atoms with E-state index in [1.165, 1.54) is 12.1 Å². The molecule has 1 aromatic carbocycles. The first-order valence-electron chi connectivity index (χ1n) is 6.19. The van der Waals surface area contributed by atoms with Crippen LogP contribution >= 0.6 is 0 Å². The van der Waals surface area contributed by atoms with Gasteiger partial charge in [0.05, 0.1) is 10.8 Å². The van der Waals surface area contributed by atoms with Gasteiger partial charge < -0.3 is 11.1 Å². The first-order valence-corrected chi connectivity index (χ1v) is 7.74. The van der Waals surface area contributed by atoms with E-state index in [1.54, 1.807) is 18.2 Å². The van der Waals surface area contributed by atoms with Crippen LogP contribution in [-0.4, -0.2) is 20.4 Å². The lowest BCUT2D eigenvalue weighted by molar-refractivity contribution is -0.123. The van der Waals surface area contributed by atoms with Crippen molar-refractivity contribution in [2.45, 2.75) is 23.9 Å². The van der Waals surface area contributed by atoms with E-state index in [2.05, 4.69) is 5.32 Å². The highest BCUT2D eigenvalue weighted by molar-refractivity contribution is 7.89. The summed E-state index contributed by atoms with van der Waals surface area (Å²) in [5.74, 6) is -0.332. The molecule has 0 heterocycles. The summed E-state index contributed by atoms with van der Waals surface area (Å²) >= 11 is 0. The molecule has 20 heavy (non-hydrogen) atoms. The fraction of sp³-hybridized carbons (Fsp3) is 0.308. The van der Waals surface area contributed by atoms with Gasteiger partial charge in [0.2, 0.25) is 15.9 Å². The zero-order chi connectivity index (χ0) is 14.8. The van der Waals surface area contributed by atoms with Crippen molar-refractivity contribution in [3.8, 4) is 0 Å². The summed E-state index contributed by atoms with van der Waals surface area (Å²) in [6.45, 7) is 0.252. The number of hydrogen-bond donors (Lipinski definition) is 3. The van der Waals surface area contributed by atoms with E-state index in [0.29, 0.717) is 12.0 Å². The van der Waals surface area contributed by atoms with Gasteiger partial charge in [0.25, 0.3) is 0 Å². The van der Waals surface area contributed by atoms with E-state index in [9.17, 15) is 13.2 Å². The lowest BCUT2D eigenvalue weighted by Crippen LogP contribution is -2.30. The predicted molar refractivity (Wildman–Crippen MR) is 74.9 cm³/mol. The van der Waals surface area contributed by atoms with Gasteiger partial charge in [-0.1, -0.05) is 24.3 Å². The fourth-order valence-corrected chi connectivity index (χ4v) is 2.66. The number of benzene rings is 1. The van der Waals surface area contributed by atoms with Crippen LogP contribution in [0.1, 0.15) is 12.0 Å². The van der Waals surface area contributed by atoms with Gasteiger partial charge in [-0.2, -0.15) is 0 Å². The van der Waals surface area contributed by atoms with Crippen molar-refractivity contribution < 1.29 is 13.2 Å². The SMILES string of the molecule is NC1C=CC(C(=O)NCc2cccc(S(N)(=O)=O)c2)C1. The zero-order valence-electron chi connectivity index (χ0n) is 10.8. The van der Waals surface area contributed by atoms with Crippen LogP contribution in [0.25, 0.3) is 0 Å².